The summed E-state index contributed by atoms with van der Waals surface area (Å²) in [6.07, 6.45) is 1.42. The van der Waals surface area contributed by atoms with Crippen LogP contribution >= 0.6 is 0 Å². The van der Waals surface area contributed by atoms with Crippen LogP contribution in [0.1, 0.15) is 24.4 Å². The van der Waals surface area contributed by atoms with E-state index in [1.165, 1.54) is 24.5 Å². The summed E-state index contributed by atoms with van der Waals surface area (Å²) in [7, 11) is 0. The molecule has 17 heavy (non-hydrogen) atoms. The predicted octanol–water partition coefficient (Wildman–Crippen LogP) is 1.50. The first kappa shape index (κ1) is 11.5. The lowest BCUT2D eigenvalue weighted by molar-refractivity contribution is 0.447. The molecule has 3 N–H and O–H groups in total. The number of nitrogens with one attached hydrogen (secondary N) is 2. The van der Waals surface area contributed by atoms with Crippen LogP contribution in [0.4, 0.5) is 4.39 Å². The topological polar surface area (TPSA) is 73.8 Å². The van der Waals surface area contributed by atoms with Gasteiger partial charge in [-0.2, -0.15) is 5.10 Å². The van der Waals surface area contributed by atoms with Crippen molar-refractivity contribution in [2.24, 2.45) is 0 Å². The summed E-state index contributed by atoms with van der Waals surface area (Å²) in [6.45, 7) is 2.31. The zero-order chi connectivity index (χ0) is 12.3. The van der Waals surface area contributed by atoms with Crippen molar-refractivity contribution in [3.8, 4) is 5.75 Å². The van der Waals surface area contributed by atoms with E-state index < -0.39 is 0 Å². The fourth-order valence-electron chi connectivity index (χ4n) is 1.55. The summed E-state index contributed by atoms with van der Waals surface area (Å²) in [6, 6.07) is 3.70. The molecule has 2 rings (SSSR count). The lowest BCUT2D eigenvalue weighted by atomic mass is 10.1. The monoisotopic (exact) mass is 236 g/mol. The van der Waals surface area contributed by atoms with Crippen molar-refractivity contribution in [1.82, 2.24) is 20.5 Å². The Labute approximate surface area is 97.7 Å². The summed E-state index contributed by atoms with van der Waals surface area (Å²) in [5.41, 5.74) is 0.518. The second-order valence-corrected chi connectivity index (χ2v) is 3.74. The number of hydrogen-bond donors (Lipinski definition) is 3. The highest BCUT2D eigenvalue weighted by atomic mass is 19.1. The molecule has 90 valence electrons. The van der Waals surface area contributed by atoms with E-state index in [9.17, 15) is 9.50 Å². The number of aromatic nitrogens is 3. The molecule has 1 heterocycles. The number of hydrogen-bond acceptors (Lipinski definition) is 4. The first-order chi connectivity index (χ1) is 8.16. The Morgan fingerprint density at radius 2 is 2.35 bits per heavy atom. The minimum atomic E-state index is -0.369. The zero-order valence-electron chi connectivity index (χ0n) is 9.31. The molecule has 1 aromatic carbocycles. The Balaban J connectivity index is 2.04. The molecular weight excluding hydrogens is 223 g/mol. The molecule has 5 nitrogen and oxygen atoms in total. The van der Waals surface area contributed by atoms with Gasteiger partial charge in [-0.05, 0) is 25.1 Å². The Hall–Kier alpha value is -1.95. The van der Waals surface area contributed by atoms with Gasteiger partial charge >= 0.3 is 0 Å². The van der Waals surface area contributed by atoms with Crippen molar-refractivity contribution in [1.29, 1.82) is 0 Å². The molecule has 0 amide bonds. The third-order valence-corrected chi connectivity index (χ3v) is 2.50. The summed E-state index contributed by atoms with van der Waals surface area (Å²) in [4.78, 5) is 3.96. The van der Waals surface area contributed by atoms with Gasteiger partial charge in [0, 0.05) is 11.6 Å². The van der Waals surface area contributed by atoms with E-state index in [0.29, 0.717) is 17.9 Å². The summed E-state index contributed by atoms with van der Waals surface area (Å²) >= 11 is 0. The number of halogens is 1. The van der Waals surface area contributed by atoms with Crippen LogP contribution in [0, 0.1) is 5.82 Å². The van der Waals surface area contributed by atoms with Gasteiger partial charge < -0.3 is 10.4 Å². The molecule has 0 saturated heterocycles. The van der Waals surface area contributed by atoms with Crippen LogP contribution in [0.15, 0.2) is 24.5 Å². The molecule has 0 radical (unpaired) electrons. The van der Waals surface area contributed by atoms with Gasteiger partial charge in [-0.1, -0.05) is 0 Å². The Morgan fingerprint density at radius 3 is 3.06 bits per heavy atom. The summed E-state index contributed by atoms with van der Waals surface area (Å²) in [5.74, 6) is 0.392. The van der Waals surface area contributed by atoms with Crippen molar-refractivity contribution in [2.45, 2.75) is 19.5 Å². The van der Waals surface area contributed by atoms with E-state index in [1.807, 2.05) is 6.92 Å². The molecule has 0 spiro atoms. The molecular formula is C11H13FN4O. The van der Waals surface area contributed by atoms with Crippen LogP contribution in [0.5, 0.6) is 5.75 Å². The third-order valence-electron chi connectivity index (χ3n) is 2.50. The van der Waals surface area contributed by atoms with E-state index in [-0.39, 0.29) is 17.6 Å². The second kappa shape index (κ2) is 4.92. The minimum absolute atomic E-state index is 0.0731. The van der Waals surface area contributed by atoms with Gasteiger partial charge in [0.2, 0.25) is 0 Å². The summed E-state index contributed by atoms with van der Waals surface area (Å²) < 4.78 is 13.1. The molecule has 2 aromatic rings. The van der Waals surface area contributed by atoms with Gasteiger partial charge in [0.1, 0.15) is 23.7 Å². The molecule has 6 heteroatoms. The van der Waals surface area contributed by atoms with Gasteiger partial charge in [0.05, 0.1) is 6.54 Å². The van der Waals surface area contributed by atoms with Crippen LogP contribution in [0.2, 0.25) is 0 Å². The van der Waals surface area contributed by atoms with Gasteiger partial charge in [0.15, 0.2) is 0 Å². The van der Waals surface area contributed by atoms with E-state index >= 15 is 0 Å². The Bertz CT molecular complexity index is 486. The van der Waals surface area contributed by atoms with E-state index in [0.717, 1.165) is 0 Å². The molecule has 0 fully saturated rings. The number of nitrogens with zero attached hydrogens (tertiary/aromatic N) is 2. The first-order valence-electron chi connectivity index (χ1n) is 5.23. The van der Waals surface area contributed by atoms with E-state index in [2.05, 4.69) is 20.5 Å². The standard InChI is InChI=1S/C11H13FN4O/c1-7(13-5-11-14-6-15-16-11)9-4-8(12)2-3-10(9)17/h2-4,6-7,13,17H,5H2,1H3,(H,14,15,16). The number of phenols is 1. The second-order valence-electron chi connectivity index (χ2n) is 3.74. The first-order valence-corrected chi connectivity index (χ1v) is 5.23. The van der Waals surface area contributed by atoms with Crippen molar-refractivity contribution >= 4 is 0 Å². The number of aromatic amines is 1. The molecule has 0 bridgehead atoms. The highest BCUT2D eigenvalue weighted by Crippen LogP contribution is 2.24. The number of phenolic OH excluding ortho intramolecular Hbond substituents is 1. The molecule has 1 atom stereocenters. The maximum Gasteiger partial charge on any atom is 0.138 e. The largest absolute Gasteiger partial charge is 0.508 e. The zero-order valence-corrected chi connectivity index (χ0v) is 9.31. The van der Waals surface area contributed by atoms with Crippen LogP contribution in [-0.4, -0.2) is 20.3 Å². The van der Waals surface area contributed by atoms with Gasteiger partial charge in [0.25, 0.3) is 0 Å². The lowest BCUT2D eigenvalue weighted by Gasteiger charge is -2.14. The fraction of sp³-hybridized carbons (Fsp3) is 0.273. The number of benzene rings is 1. The maximum atomic E-state index is 13.1. The van der Waals surface area contributed by atoms with Gasteiger partial charge in [-0.15, -0.1) is 0 Å². The molecule has 0 aliphatic rings. The Kier molecular flexibility index (Phi) is 3.34. The molecule has 0 saturated carbocycles. The predicted molar refractivity (Wildman–Crippen MR) is 59.7 cm³/mol. The molecule has 0 aliphatic carbocycles. The number of rotatable bonds is 4. The third kappa shape index (κ3) is 2.79. The maximum absolute atomic E-state index is 13.1. The average molecular weight is 236 g/mol. The summed E-state index contributed by atoms with van der Waals surface area (Å²) in [5, 5.41) is 19.2. The van der Waals surface area contributed by atoms with Crippen molar-refractivity contribution in [3.63, 3.8) is 0 Å². The molecule has 1 aromatic heterocycles. The van der Waals surface area contributed by atoms with Crippen LogP contribution in [0.3, 0.4) is 0 Å². The minimum Gasteiger partial charge on any atom is -0.508 e. The SMILES string of the molecule is CC(NCc1ncn[nH]1)c1cc(F)ccc1O. The number of aromatic hydroxyl groups is 1. The number of H-pyrrole nitrogens is 1. The lowest BCUT2D eigenvalue weighted by Crippen LogP contribution is -2.19. The van der Waals surface area contributed by atoms with E-state index in [4.69, 9.17) is 0 Å². The average Bonchev–Trinajstić information content (AvgIpc) is 2.82. The molecule has 0 aliphatic heterocycles. The van der Waals surface area contributed by atoms with Gasteiger partial charge in [-0.3, -0.25) is 5.10 Å². The quantitative estimate of drug-likeness (QED) is 0.752. The normalized spacial score (nSPS) is 12.6. The van der Waals surface area contributed by atoms with Crippen molar-refractivity contribution in [2.75, 3.05) is 0 Å². The van der Waals surface area contributed by atoms with Crippen LogP contribution < -0.4 is 5.32 Å². The fourth-order valence-corrected chi connectivity index (χ4v) is 1.55. The molecule has 1 unspecified atom stereocenters. The van der Waals surface area contributed by atoms with E-state index in [1.54, 1.807) is 0 Å². The smallest absolute Gasteiger partial charge is 0.138 e. The highest BCUT2D eigenvalue weighted by Gasteiger charge is 2.11. The van der Waals surface area contributed by atoms with Crippen molar-refractivity contribution < 1.29 is 9.50 Å². The Morgan fingerprint density at radius 1 is 1.53 bits per heavy atom. The van der Waals surface area contributed by atoms with Crippen molar-refractivity contribution in [3.05, 3.63) is 41.7 Å². The van der Waals surface area contributed by atoms with Crippen LogP contribution in [0.25, 0.3) is 0 Å². The van der Waals surface area contributed by atoms with Crippen LogP contribution in [-0.2, 0) is 6.54 Å². The highest BCUT2D eigenvalue weighted by molar-refractivity contribution is 5.34. The van der Waals surface area contributed by atoms with Gasteiger partial charge in [-0.25, -0.2) is 9.37 Å².